The van der Waals surface area contributed by atoms with Gasteiger partial charge in [-0.05, 0) is 56.0 Å². The zero-order valence-corrected chi connectivity index (χ0v) is 18.1. The molecule has 0 saturated carbocycles. The van der Waals surface area contributed by atoms with E-state index in [0.29, 0.717) is 17.0 Å². The van der Waals surface area contributed by atoms with Gasteiger partial charge in [0, 0.05) is 24.2 Å². The van der Waals surface area contributed by atoms with Crippen LogP contribution in [0.15, 0.2) is 18.2 Å². The van der Waals surface area contributed by atoms with Gasteiger partial charge in [0.25, 0.3) is 5.91 Å². The lowest BCUT2D eigenvalue weighted by Crippen LogP contribution is -2.52. The van der Waals surface area contributed by atoms with E-state index < -0.39 is 6.04 Å². The second-order valence-corrected chi connectivity index (χ2v) is 8.48. The van der Waals surface area contributed by atoms with E-state index in [1.807, 2.05) is 6.26 Å². The fourth-order valence-electron chi connectivity index (χ4n) is 3.11. The third kappa shape index (κ3) is 6.86. The van der Waals surface area contributed by atoms with Crippen molar-refractivity contribution in [2.45, 2.75) is 38.3 Å². The third-order valence-electron chi connectivity index (χ3n) is 4.79. The number of nitrogens with zero attached hydrogens (tertiary/aromatic N) is 1. The summed E-state index contributed by atoms with van der Waals surface area (Å²) in [5, 5.41) is 6.68. The first kappa shape index (κ1) is 22.3. The van der Waals surface area contributed by atoms with Gasteiger partial charge >= 0.3 is 0 Å². The predicted molar refractivity (Wildman–Crippen MR) is 114 cm³/mol. The molecule has 1 aromatic carbocycles. The average molecular weight is 432 g/mol. The van der Waals surface area contributed by atoms with Gasteiger partial charge in [0.15, 0.2) is 0 Å². The Balaban J connectivity index is 1.98. The summed E-state index contributed by atoms with van der Waals surface area (Å²) in [5.74, 6) is 0.289. The van der Waals surface area contributed by atoms with Crippen molar-refractivity contribution in [1.82, 2.24) is 15.5 Å². The van der Waals surface area contributed by atoms with Crippen molar-refractivity contribution in [3.8, 4) is 0 Å². The average Bonchev–Trinajstić information content (AvgIpc) is 2.65. The molecule has 0 aromatic heterocycles. The molecule has 1 fully saturated rings. The number of piperidine rings is 1. The van der Waals surface area contributed by atoms with E-state index in [9.17, 15) is 9.59 Å². The lowest BCUT2D eigenvalue weighted by atomic mass is 10.0. The molecule has 0 spiro atoms. The fraction of sp³-hybridized carbons (Fsp3) is 0.579. The number of benzene rings is 1. The van der Waals surface area contributed by atoms with Gasteiger partial charge in [-0.3, -0.25) is 9.59 Å². The normalized spacial score (nSPS) is 16.7. The Morgan fingerprint density at radius 1 is 1.30 bits per heavy atom. The molecular formula is C19H27Cl2N3O2S. The molecule has 2 amide bonds. The predicted octanol–water partition coefficient (Wildman–Crippen LogP) is 3.45. The smallest absolute Gasteiger partial charge is 0.253 e. The quantitative estimate of drug-likeness (QED) is 0.661. The van der Waals surface area contributed by atoms with Gasteiger partial charge in [-0.15, -0.1) is 0 Å². The standard InChI is InChI=1S/C19H27Cl2N3O2S/c1-3-24-9-6-14(7-10-24)22-19(26)17(8-11-27-2)23-18(25)15-5-4-13(20)12-16(15)21/h4-5,12,14,17H,3,6-11H2,1-2H3,(H,22,26)(H,23,25). The first-order valence-electron chi connectivity index (χ1n) is 9.22. The van der Waals surface area contributed by atoms with Crippen LogP contribution in [0.25, 0.3) is 0 Å². The summed E-state index contributed by atoms with van der Waals surface area (Å²) in [6.07, 6.45) is 4.42. The van der Waals surface area contributed by atoms with Crippen LogP contribution in [0.3, 0.4) is 0 Å². The lowest BCUT2D eigenvalue weighted by molar-refractivity contribution is -0.124. The molecule has 150 valence electrons. The molecule has 0 aliphatic carbocycles. The van der Waals surface area contributed by atoms with Crippen molar-refractivity contribution in [2.24, 2.45) is 0 Å². The number of hydrogen-bond acceptors (Lipinski definition) is 4. The molecular weight excluding hydrogens is 405 g/mol. The van der Waals surface area contributed by atoms with E-state index in [1.54, 1.807) is 23.9 Å². The monoisotopic (exact) mass is 431 g/mol. The minimum atomic E-state index is -0.583. The van der Waals surface area contributed by atoms with Crippen LogP contribution in [-0.4, -0.2) is 60.4 Å². The van der Waals surface area contributed by atoms with E-state index in [2.05, 4.69) is 22.5 Å². The zero-order chi connectivity index (χ0) is 19.8. The highest BCUT2D eigenvalue weighted by molar-refractivity contribution is 7.98. The molecule has 1 atom stereocenters. The van der Waals surface area contributed by atoms with Crippen molar-refractivity contribution in [1.29, 1.82) is 0 Å². The maximum Gasteiger partial charge on any atom is 0.253 e. The minimum absolute atomic E-state index is 0.127. The second kappa shape index (κ2) is 11.1. The summed E-state index contributed by atoms with van der Waals surface area (Å²) < 4.78 is 0. The molecule has 1 aliphatic rings. The minimum Gasteiger partial charge on any atom is -0.351 e. The van der Waals surface area contributed by atoms with Gasteiger partial charge in [0.2, 0.25) is 5.91 Å². The molecule has 1 heterocycles. The number of carbonyl (C=O) groups excluding carboxylic acids is 2. The highest BCUT2D eigenvalue weighted by Crippen LogP contribution is 2.21. The molecule has 8 heteroatoms. The number of nitrogens with one attached hydrogen (secondary N) is 2. The molecule has 0 bridgehead atoms. The topological polar surface area (TPSA) is 61.4 Å². The van der Waals surface area contributed by atoms with Crippen molar-refractivity contribution < 1.29 is 9.59 Å². The maximum atomic E-state index is 12.8. The summed E-state index contributed by atoms with van der Waals surface area (Å²) in [6, 6.07) is 4.29. The first-order chi connectivity index (χ1) is 12.9. The summed E-state index contributed by atoms with van der Waals surface area (Å²) in [5.41, 5.74) is 0.319. The number of hydrogen-bond donors (Lipinski definition) is 2. The molecule has 2 rings (SSSR count). The maximum absolute atomic E-state index is 12.8. The second-order valence-electron chi connectivity index (χ2n) is 6.65. The molecule has 5 nitrogen and oxygen atoms in total. The van der Waals surface area contributed by atoms with Gasteiger partial charge in [0.05, 0.1) is 10.6 Å². The lowest BCUT2D eigenvalue weighted by Gasteiger charge is -2.32. The molecule has 1 saturated heterocycles. The van der Waals surface area contributed by atoms with Gasteiger partial charge in [-0.25, -0.2) is 0 Å². The van der Waals surface area contributed by atoms with E-state index in [1.165, 1.54) is 6.07 Å². The van der Waals surface area contributed by atoms with Crippen LogP contribution in [0.4, 0.5) is 0 Å². The van der Waals surface area contributed by atoms with Crippen LogP contribution in [0.1, 0.15) is 36.5 Å². The number of halogens is 2. The molecule has 2 N–H and O–H groups in total. The van der Waals surface area contributed by atoms with Gasteiger partial charge in [-0.2, -0.15) is 11.8 Å². The Hall–Kier alpha value is -0.950. The van der Waals surface area contributed by atoms with Crippen LogP contribution in [-0.2, 0) is 4.79 Å². The van der Waals surface area contributed by atoms with Crippen LogP contribution in [0.2, 0.25) is 10.0 Å². The largest absolute Gasteiger partial charge is 0.351 e. The Morgan fingerprint density at radius 3 is 2.59 bits per heavy atom. The van der Waals surface area contributed by atoms with Gasteiger partial charge in [-0.1, -0.05) is 30.1 Å². The number of carbonyl (C=O) groups is 2. The summed E-state index contributed by atoms with van der Waals surface area (Å²) >= 11 is 13.7. The molecule has 1 unspecified atom stereocenters. The zero-order valence-electron chi connectivity index (χ0n) is 15.8. The van der Waals surface area contributed by atoms with Crippen LogP contribution < -0.4 is 10.6 Å². The van der Waals surface area contributed by atoms with Crippen molar-refractivity contribution in [2.75, 3.05) is 31.6 Å². The van der Waals surface area contributed by atoms with E-state index >= 15 is 0 Å². The van der Waals surface area contributed by atoms with Crippen LogP contribution in [0.5, 0.6) is 0 Å². The number of rotatable bonds is 8. The SMILES string of the molecule is CCN1CCC(NC(=O)C(CCSC)NC(=O)c2ccc(Cl)cc2Cl)CC1. The van der Waals surface area contributed by atoms with Crippen molar-refractivity contribution in [3.63, 3.8) is 0 Å². The summed E-state index contributed by atoms with van der Waals surface area (Å²) in [4.78, 5) is 27.7. The van der Waals surface area contributed by atoms with Gasteiger partial charge in [0.1, 0.15) is 6.04 Å². The Morgan fingerprint density at radius 2 is 2.00 bits per heavy atom. The van der Waals surface area contributed by atoms with E-state index in [-0.39, 0.29) is 22.9 Å². The molecule has 27 heavy (non-hydrogen) atoms. The Kier molecular flexibility index (Phi) is 9.22. The van der Waals surface area contributed by atoms with Crippen LogP contribution >= 0.6 is 35.0 Å². The number of amides is 2. The highest BCUT2D eigenvalue weighted by Gasteiger charge is 2.26. The summed E-state index contributed by atoms with van der Waals surface area (Å²) in [6.45, 7) is 5.16. The number of likely N-dealkylation sites (tertiary alicyclic amines) is 1. The third-order valence-corrected chi connectivity index (χ3v) is 5.98. The first-order valence-corrected chi connectivity index (χ1v) is 11.4. The highest BCUT2D eigenvalue weighted by atomic mass is 35.5. The van der Waals surface area contributed by atoms with E-state index in [0.717, 1.165) is 38.2 Å². The fourth-order valence-corrected chi connectivity index (χ4v) is 4.08. The van der Waals surface area contributed by atoms with E-state index in [4.69, 9.17) is 23.2 Å². The summed E-state index contributed by atoms with van der Waals surface area (Å²) in [7, 11) is 0. The van der Waals surface area contributed by atoms with Crippen molar-refractivity contribution in [3.05, 3.63) is 33.8 Å². The Bertz CT molecular complexity index is 652. The molecule has 0 radical (unpaired) electrons. The van der Waals surface area contributed by atoms with Crippen LogP contribution in [0, 0.1) is 0 Å². The van der Waals surface area contributed by atoms with Gasteiger partial charge < -0.3 is 15.5 Å². The Labute approximate surface area is 175 Å². The number of thioether (sulfide) groups is 1. The molecule has 1 aliphatic heterocycles. The van der Waals surface area contributed by atoms with Crippen molar-refractivity contribution >= 4 is 46.8 Å². The molecule has 1 aromatic rings.